The van der Waals surface area contributed by atoms with Gasteiger partial charge in [-0.05, 0) is 19.1 Å². The molecule has 0 saturated carbocycles. The molecule has 2 N–H and O–H groups in total. The zero-order valence-electron chi connectivity index (χ0n) is 10.8. The lowest BCUT2D eigenvalue weighted by Gasteiger charge is -2.22. The van der Waals surface area contributed by atoms with Crippen LogP contribution in [0.3, 0.4) is 0 Å². The molecule has 1 atom stereocenters. The van der Waals surface area contributed by atoms with E-state index in [-0.39, 0.29) is 18.2 Å². The van der Waals surface area contributed by atoms with Crippen molar-refractivity contribution in [3.8, 4) is 0 Å². The zero-order valence-corrected chi connectivity index (χ0v) is 10.8. The SMILES string of the molecule is Cc1ccc(NC(=O)[C@H]2CC(=O)n3cnnc3N2)cc1. The van der Waals surface area contributed by atoms with E-state index in [9.17, 15) is 9.59 Å². The van der Waals surface area contributed by atoms with Gasteiger partial charge in [0, 0.05) is 5.69 Å². The van der Waals surface area contributed by atoms with Crippen LogP contribution in [0.25, 0.3) is 0 Å². The van der Waals surface area contributed by atoms with Gasteiger partial charge in [0.1, 0.15) is 12.4 Å². The highest BCUT2D eigenvalue weighted by atomic mass is 16.2. The van der Waals surface area contributed by atoms with Crippen LogP contribution in [0.15, 0.2) is 30.6 Å². The highest BCUT2D eigenvalue weighted by molar-refractivity contribution is 6.01. The highest BCUT2D eigenvalue weighted by Gasteiger charge is 2.30. The van der Waals surface area contributed by atoms with E-state index in [1.807, 2.05) is 31.2 Å². The van der Waals surface area contributed by atoms with Crippen LogP contribution < -0.4 is 10.6 Å². The Balaban J connectivity index is 1.73. The number of hydrogen-bond acceptors (Lipinski definition) is 5. The molecular formula is C13H13N5O2. The average Bonchev–Trinajstić information content (AvgIpc) is 2.90. The van der Waals surface area contributed by atoms with Crippen LogP contribution in [-0.4, -0.2) is 32.6 Å². The Morgan fingerprint density at radius 1 is 1.40 bits per heavy atom. The van der Waals surface area contributed by atoms with E-state index in [1.165, 1.54) is 10.9 Å². The van der Waals surface area contributed by atoms with Gasteiger partial charge in [0.2, 0.25) is 17.8 Å². The van der Waals surface area contributed by atoms with E-state index >= 15 is 0 Å². The maximum Gasteiger partial charge on any atom is 0.247 e. The number of aryl methyl sites for hydroxylation is 1. The van der Waals surface area contributed by atoms with Gasteiger partial charge in [-0.3, -0.25) is 9.59 Å². The van der Waals surface area contributed by atoms with Crippen LogP contribution in [0.4, 0.5) is 11.6 Å². The third kappa shape index (κ3) is 2.25. The molecule has 1 aromatic carbocycles. The minimum atomic E-state index is -0.638. The fraction of sp³-hybridized carbons (Fsp3) is 0.231. The van der Waals surface area contributed by atoms with E-state index in [1.54, 1.807) is 0 Å². The molecule has 102 valence electrons. The van der Waals surface area contributed by atoms with Gasteiger partial charge < -0.3 is 10.6 Å². The minimum Gasteiger partial charge on any atom is -0.342 e. The number of nitrogens with one attached hydrogen (secondary N) is 2. The Bertz CT molecular complexity index is 662. The summed E-state index contributed by atoms with van der Waals surface area (Å²) in [6.45, 7) is 1.97. The summed E-state index contributed by atoms with van der Waals surface area (Å²) in [6.07, 6.45) is 1.40. The second-order valence-electron chi connectivity index (χ2n) is 4.67. The number of fused-ring (bicyclic) bond motifs is 1. The van der Waals surface area contributed by atoms with Crippen molar-refractivity contribution in [2.45, 2.75) is 19.4 Å². The van der Waals surface area contributed by atoms with Crippen molar-refractivity contribution in [2.24, 2.45) is 0 Å². The number of hydrogen-bond donors (Lipinski definition) is 2. The van der Waals surface area contributed by atoms with Crippen LogP contribution in [0.1, 0.15) is 16.8 Å². The van der Waals surface area contributed by atoms with Crippen molar-refractivity contribution in [1.29, 1.82) is 0 Å². The van der Waals surface area contributed by atoms with Crippen molar-refractivity contribution in [3.63, 3.8) is 0 Å². The molecule has 0 unspecified atom stereocenters. The maximum atomic E-state index is 12.1. The second kappa shape index (κ2) is 4.76. The molecule has 7 nitrogen and oxygen atoms in total. The largest absolute Gasteiger partial charge is 0.342 e. The van der Waals surface area contributed by atoms with Crippen LogP contribution >= 0.6 is 0 Å². The summed E-state index contributed by atoms with van der Waals surface area (Å²) in [5, 5.41) is 13.1. The maximum absolute atomic E-state index is 12.1. The van der Waals surface area contributed by atoms with Gasteiger partial charge in [-0.2, -0.15) is 0 Å². The van der Waals surface area contributed by atoms with E-state index in [0.717, 1.165) is 5.56 Å². The molecule has 0 aliphatic carbocycles. The molecule has 0 bridgehead atoms. The van der Waals surface area contributed by atoms with E-state index in [0.29, 0.717) is 11.6 Å². The molecule has 0 fully saturated rings. The lowest BCUT2D eigenvalue weighted by atomic mass is 10.1. The quantitative estimate of drug-likeness (QED) is 0.852. The third-order valence-electron chi connectivity index (χ3n) is 3.13. The molecule has 3 rings (SSSR count). The van der Waals surface area contributed by atoms with E-state index < -0.39 is 6.04 Å². The summed E-state index contributed by atoms with van der Waals surface area (Å²) in [5.74, 6) is -0.172. The lowest BCUT2D eigenvalue weighted by molar-refractivity contribution is -0.117. The number of rotatable bonds is 2. The van der Waals surface area contributed by atoms with Crippen LogP contribution in [0.2, 0.25) is 0 Å². The standard InChI is InChI=1S/C13H13N5O2/c1-8-2-4-9(5-3-8)15-12(20)10-6-11(19)18-7-14-17-13(18)16-10/h2-5,7,10H,6H2,1H3,(H,15,20)(H,16,17)/t10-/m1/s1. The molecule has 0 radical (unpaired) electrons. The molecule has 2 aromatic rings. The van der Waals surface area contributed by atoms with Gasteiger partial charge >= 0.3 is 0 Å². The number of carbonyl (C=O) groups is 2. The summed E-state index contributed by atoms with van der Waals surface area (Å²) in [4.78, 5) is 24.0. The summed E-state index contributed by atoms with van der Waals surface area (Å²) < 4.78 is 1.30. The number of benzene rings is 1. The Kier molecular flexibility index (Phi) is 2.94. The number of nitrogens with zero attached hydrogens (tertiary/aromatic N) is 3. The molecule has 0 saturated heterocycles. The lowest BCUT2D eigenvalue weighted by Crippen LogP contribution is -2.42. The first-order valence-corrected chi connectivity index (χ1v) is 6.21. The molecule has 1 aliphatic heterocycles. The van der Waals surface area contributed by atoms with Crippen molar-refractivity contribution < 1.29 is 9.59 Å². The number of amides is 1. The van der Waals surface area contributed by atoms with Crippen molar-refractivity contribution in [3.05, 3.63) is 36.2 Å². The molecule has 1 aromatic heterocycles. The minimum absolute atomic E-state index is 0.0722. The number of carbonyl (C=O) groups excluding carboxylic acids is 2. The van der Waals surface area contributed by atoms with E-state index in [2.05, 4.69) is 20.8 Å². The smallest absolute Gasteiger partial charge is 0.247 e. The fourth-order valence-electron chi connectivity index (χ4n) is 2.02. The first-order chi connectivity index (χ1) is 9.63. The number of anilines is 2. The predicted octanol–water partition coefficient (Wildman–Crippen LogP) is 1.05. The van der Waals surface area contributed by atoms with Crippen LogP contribution in [-0.2, 0) is 4.79 Å². The normalized spacial score (nSPS) is 17.2. The molecule has 2 heterocycles. The second-order valence-corrected chi connectivity index (χ2v) is 4.67. The first-order valence-electron chi connectivity index (χ1n) is 6.21. The van der Waals surface area contributed by atoms with Gasteiger partial charge in [0.05, 0.1) is 6.42 Å². The van der Waals surface area contributed by atoms with Crippen molar-refractivity contribution in [1.82, 2.24) is 14.8 Å². The topological polar surface area (TPSA) is 88.9 Å². The summed E-state index contributed by atoms with van der Waals surface area (Å²) in [5.41, 5.74) is 1.81. The molecule has 20 heavy (non-hydrogen) atoms. The van der Waals surface area contributed by atoms with E-state index in [4.69, 9.17) is 0 Å². The molecular weight excluding hydrogens is 258 g/mol. The van der Waals surface area contributed by atoms with Crippen LogP contribution in [0, 0.1) is 6.92 Å². The summed E-state index contributed by atoms with van der Waals surface area (Å²) in [7, 11) is 0. The molecule has 1 amide bonds. The monoisotopic (exact) mass is 271 g/mol. The highest BCUT2D eigenvalue weighted by Crippen LogP contribution is 2.16. The average molecular weight is 271 g/mol. The van der Waals surface area contributed by atoms with Crippen molar-refractivity contribution >= 4 is 23.5 Å². The molecule has 1 aliphatic rings. The Labute approximate surface area is 115 Å². The fourth-order valence-corrected chi connectivity index (χ4v) is 2.02. The summed E-state index contributed by atoms with van der Waals surface area (Å²) >= 11 is 0. The van der Waals surface area contributed by atoms with Gasteiger partial charge in [-0.25, -0.2) is 4.57 Å². The summed E-state index contributed by atoms with van der Waals surface area (Å²) in [6, 6.07) is 6.82. The van der Waals surface area contributed by atoms with Crippen LogP contribution in [0.5, 0.6) is 0 Å². The zero-order chi connectivity index (χ0) is 14.1. The molecule has 7 heteroatoms. The van der Waals surface area contributed by atoms with Gasteiger partial charge in [0.15, 0.2) is 0 Å². The molecule has 0 spiro atoms. The Morgan fingerprint density at radius 2 is 2.15 bits per heavy atom. The van der Waals surface area contributed by atoms with Gasteiger partial charge in [0.25, 0.3) is 0 Å². The van der Waals surface area contributed by atoms with Crippen molar-refractivity contribution in [2.75, 3.05) is 10.6 Å². The van der Waals surface area contributed by atoms with Gasteiger partial charge in [-0.1, -0.05) is 17.7 Å². The predicted molar refractivity (Wildman–Crippen MR) is 72.5 cm³/mol. The Hall–Kier alpha value is -2.70. The first kappa shape index (κ1) is 12.3. The Morgan fingerprint density at radius 3 is 2.90 bits per heavy atom. The number of aromatic nitrogens is 3. The van der Waals surface area contributed by atoms with Gasteiger partial charge in [-0.15, -0.1) is 10.2 Å². The third-order valence-corrected chi connectivity index (χ3v) is 3.13.